The molecule has 2 aliphatic rings. The van der Waals surface area contributed by atoms with Crippen LogP contribution in [-0.4, -0.2) is 12.7 Å². The SMILES string of the molecule is Cc1ccc([C@@H]2CCOC2C2=CCC2)s1. The number of aryl methyl sites for hydroxylation is 1. The largest absolute Gasteiger partial charge is 0.373 e. The Kier molecular flexibility index (Phi) is 2.41. The smallest absolute Gasteiger partial charge is 0.0862 e. The highest BCUT2D eigenvalue weighted by Crippen LogP contribution is 2.41. The summed E-state index contributed by atoms with van der Waals surface area (Å²) in [7, 11) is 0. The molecular formula is C13H16OS. The van der Waals surface area contributed by atoms with Crippen molar-refractivity contribution in [3.63, 3.8) is 0 Å². The Morgan fingerprint density at radius 3 is 2.87 bits per heavy atom. The van der Waals surface area contributed by atoms with Crippen molar-refractivity contribution in [1.29, 1.82) is 0 Å². The minimum atomic E-state index is 0.400. The number of rotatable bonds is 2. The highest BCUT2D eigenvalue weighted by Gasteiger charge is 2.34. The molecule has 0 radical (unpaired) electrons. The lowest BCUT2D eigenvalue weighted by Gasteiger charge is -2.25. The van der Waals surface area contributed by atoms with Crippen LogP contribution >= 0.6 is 11.3 Å². The molecule has 0 saturated carbocycles. The lowest BCUT2D eigenvalue weighted by molar-refractivity contribution is 0.125. The van der Waals surface area contributed by atoms with Gasteiger partial charge in [0.25, 0.3) is 0 Å². The summed E-state index contributed by atoms with van der Waals surface area (Å²) in [6, 6.07) is 4.51. The van der Waals surface area contributed by atoms with Crippen LogP contribution in [0.3, 0.4) is 0 Å². The van der Waals surface area contributed by atoms with Gasteiger partial charge in [-0.05, 0) is 43.9 Å². The van der Waals surface area contributed by atoms with Crippen molar-refractivity contribution < 1.29 is 4.74 Å². The summed E-state index contributed by atoms with van der Waals surface area (Å²) < 4.78 is 5.87. The molecule has 1 unspecified atom stereocenters. The maximum Gasteiger partial charge on any atom is 0.0862 e. The average molecular weight is 220 g/mol. The molecule has 15 heavy (non-hydrogen) atoms. The second kappa shape index (κ2) is 3.76. The fourth-order valence-corrected chi connectivity index (χ4v) is 3.51. The first-order valence-electron chi connectivity index (χ1n) is 5.71. The molecule has 2 heterocycles. The van der Waals surface area contributed by atoms with E-state index in [1.807, 2.05) is 11.3 Å². The zero-order valence-electron chi connectivity index (χ0n) is 9.03. The van der Waals surface area contributed by atoms with E-state index in [0.29, 0.717) is 12.0 Å². The molecule has 3 rings (SSSR count). The summed E-state index contributed by atoms with van der Waals surface area (Å²) in [5.74, 6) is 0.634. The Labute approximate surface area is 94.8 Å². The van der Waals surface area contributed by atoms with Crippen molar-refractivity contribution in [3.05, 3.63) is 33.5 Å². The summed E-state index contributed by atoms with van der Waals surface area (Å²) in [6.45, 7) is 3.12. The lowest BCUT2D eigenvalue weighted by atomic mass is 9.86. The third kappa shape index (κ3) is 1.66. The summed E-state index contributed by atoms with van der Waals surface area (Å²) in [5.41, 5.74) is 1.54. The standard InChI is InChI=1S/C13H16OS/c1-9-5-6-12(15-9)11-7-8-14-13(11)10-3-2-4-10/h3,5-6,11,13H,2,4,7-8H2,1H3/t11-,13?/m0/s1. The van der Waals surface area contributed by atoms with Crippen molar-refractivity contribution in [2.45, 2.75) is 38.2 Å². The van der Waals surface area contributed by atoms with E-state index in [1.54, 1.807) is 5.57 Å². The highest BCUT2D eigenvalue weighted by atomic mass is 32.1. The normalized spacial score (nSPS) is 30.1. The first-order chi connectivity index (χ1) is 7.34. The number of hydrogen-bond donors (Lipinski definition) is 0. The Bertz CT molecular complexity index is 391. The number of thiophene rings is 1. The van der Waals surface area contributed by atoms with E-state index in [-0.39, 0.29) is 0 Å². The quantitative estimate of drug-likeness (QED) is 0.691. The first-order valence-corrected chi connectivity index (χ1v) is 6.53. The van der Waals surface area contributed by atoms with Crippen LogP contribution in [0.15, 0.2) is 23.8 Å². The fraction of sp³-hybridized carbons (Fsp3) is 0.538. The van der Waals surface area contributed by atoms with Crippen LogP contribution in [0.25, 0.3) is 0 Å². The van der Waals surface area contributed by atoms with Crippen LogP contribution in [0, 0.1) is 6.92 Å². The Hall–Kier alpha value is -0.600. The van der Waals surface area contributed by atoms with Gasteiger partial charge in [0.15, 0.2) is 0 Å². The molecule has 1 aliphatic carbocycles. The summed E-state index contributed by atoms with van der Waals surface area (Å²) in [6.07, 6.45) is 6.46. The molecule has 0 amide bonds. The van der Waals surface area contributed by atoms with Crippen molar-refractivity contribution in [2.24, 2.45) is 0 Å². The van der Waals surface area contributed by atoms with Crippen molar-refractivity contribution in [1.82, 2.24) is 0 Å². The van der Waals surface area contributed by atoms with Crippen LogP contribution in [-0.2, 0) is 4.74 Å². The van der Waals surface area contributed by atoms with Gasteiger partial charge in [0.05, 0.1) is 6.10 Å². The van der Waals surface area contributed by atoms with E-state index >= 15 is 0 Å². The third-order valence-electron chi connectivity index (χ3n) is 3.42. The topological polar surface area (TPSA) is 9.23 Å². The van der Waals surface area contributed by atoms with E-state index < -0.39 is 0 Å². The summed E-state index contributed by atoms with van der Waals surface area (Å²) in [4.78, 5) is 2.93. The Morgan fingerprint density at radius 1 is 1.40 bits per heavy atom. The minimum absolute atomic E-state index is 0.400. The molecule has 0 N–H and O–H groups in total. The van der Waals surface area contributed by atoms with Gasteiger partial charge in [-0.2, -0.15) is 0 Å². The van der Waals surface area contributed by atoms with E-state index in [4.69, 9.17) is 4.74 Å². The molecule has 2 heteroatoms. The van der Waals surface area contributed by atoms with Gasteiger partial charge < -0.3 is 4.74 Å². The predicted octanol–water partition coefficient (Wildman–Crippen LogP) is 3.65. The maximum atomic E-state index is 5.87. The number of hydrogen-bond acceptors (Lipinski definition) is 2. The number of allylic oxidation sites excluding steroid dienone is 1. The molecule has 0 spiro atoms. The van der Waals surface area contributed by atoms with Gasteiger partial charge in [-0.25, -0.2) is 0 Å². The number of ether oxygens (including phenoxy) is 1. The molecule has 1 aromatic rings. The van der Waals surface area contributed by atoms with Crippen molar-refractivity contribution in [3.8, 4) is 0 Å². The van der Waals surface area contributed by atoms with Crippen LogP contribution in [0.4, 0.5) is 0 Å². The van der Waals surface area contributed by atoms with Crippen molar-refractivity contribution in [2.75, 3.05) is 6.61 Å². The zero-order chi connectivity index (χ0) is 10.3. The molecule has 1 aromatic heterocycles. The van der Waals surface area contributed by atoms with Gasteiger partial charge in [0.2, 0.25) is 0 Å². The molecular weight excluding hydrogens is 204 g/mol. The summed E-state index contributed by atoms with van der Waals surface area (Å²) >= 11 is 1.93. The Morgan fingerprint density at radius 2 is 2.27 bits per heavy atom. The summed E-state index contributed by atoms with van der Waals surface area (Å²) in [5, 5.41) is 0. The van der Waals surface area contributed by atoms with Crippen LogP contribution < -0.4 is 0 Å². The van der Waals surface area contributed by atoms with Gasteiger partial charge in [0, 0.05) is 22.3 Å². The van der Waals surface area contributed by atoms with Crippen molar-refractivity contribution >= 4 is 11.3 Å². The highest BCUT2D eigenvalue weighted by molar-refractivity contribution is 7.12. The van der Waals surface area contributed by atoms with Gasteiger partial charge in [-0.1, -0.05) is 6.08 Å². The minimum Gasteiger partial charge on any atom is -0.373 e. The second-order valence-electron chi connectivity index (χ2n) is 4.45. The van der Waals surface area contributed by atoms with Gasteiger partial charge in [-0.15, -0.1) is 11.3 Å². The third-order valence-corrected chi connectivity index (χ3v) is 4.56. The fourth-order valence-electron chi connectivity index (χ4n) is 2.47. The predicted molar refractivity (Wildman–Crippen MR) is 63.5 cm³/mol. The molecule has 0 bridgehead atoms. The van der Waals surface area contributed by atoms with Gasteiger partial charge >= 0.3 is 0 Å². The molecule has 80 valence electrons. The second-order valence-corrected chi connectivity index (χ2v) is 5.77. The molecule has 1 fully saturated rings. The van der Waals surface area contributed by atoms with E-state index in [1.165, 1.54) is 29.0 Å². The van der Waals surface area contributed by atoms with Gasteiger partial charge in [0.1, 0.15) is 0 Å². The zero-order valence-corrected chi connectivity index (χ0v) is 9.85. The molecule has 1 aliphatic heterocycles. The first kappa shape index (κ1) is 9.61. The van der Waals surface area contributed by atoms with Crippen LogP contribution in [0.1, 0.15) is 34.9 Å². The monoisotopic (exact) mass is 220 g/mol. The molecule has 1 nitrogen and oxygen atoms in total. The molecule has 0 aromatic carbocycles. The molecule has 1 saturated heterocycles. The van der Waals surface area contributed by atoms with Crippen LogP contribution in [0.5, 0.6) is 0 Å². The van der Waals surface area contributed by atoms with Gasteiger partial charge in [-0.3, -0.25) is 0 Å². The molecule has 2 atom stereocenters. The average Bonchev–Trinajstić information content (AvgIpc) is 2.70. The van der Waals surface area contributed by atoms with E-state index in [9.17, 15) is 0 Å². The maximum absolute atomic E-state index is 5.87. The van der Waals surface area contributed by atoms with Crippen LogP contribution in [0.2, 0.25) is 0 Å². The van der Waals surface area contributed by atoms with E-state index in [2.05, 4.69) is 25.1 Å². The van der Waals surface area contributed by atoms with E-state index in [0.717, 1.165) is 6.61 Å². The lowest BCUT2D eigenvalue weighted by Crippen LogP contribution is -2.19. The Balaban J connectivity index is 1.85.